The van der Waals surface area contributed by atoms with E-state index in [1.807, 2.05) is 0 Å². The Morgan fingerprint density at radius 1 is 1.43 bits per heavy atom. The summed E-state index contributed by atoms with van der Waals surface area (Å²) in [6.45, 7) is 1.75. The third-order valence-electron chi connectivity index (χ3n) is 1.57. The zero-order chi connectivity index (χ0) is 10.1. The molecule has 6 nitrogen and oxygen atoms in total. The number of aromatic nitrogens is 5. The molecule has 0 radical (unpaired) electrons. The van der Waals surface area contributed by atoms with Gasteiger partial charge in [0.2, 0.25) is 5.95 Å². The molecule has 0 bridgehead atoms. The Labute approximate surface area is 84.8 Å². The van der Waals surface area contributed by atoms with E-state index in [9.17, 15) is 0 Å². The van der Waals surface area contributed by atoms with Crippen LogP contribution in [0.3, 0.4) is 0 Å². The molecule has 2 rings (SSSR count). The SMILES string of the molecule is Cc1nc(N)n(-c2cc(Cl)ncn2)n1. The summed E-state index contributed by atoms with van der Waals surface area (Å²) in [5.41, 5.74) is 5.61. The van der Waals surface area contributed by atoms with Crippen LogP contribution >= 0.6 is 11.6 Å². The molecule has 0 saturated carbocycles. The fourth-order valence-electron chi connectivity index (χ4n) is 1.04. The summed E-state index contributed by atoms with van der Waals surface area (Å²) in [6, 6.07) is 1.56. The molecular weight excluding hydrogens is 204 g/mol. The molecule has 2 aromatic heterocycles. The second-order valence-electron chi connectivity index (χ2n) is 2.63. The Kier molecular flexibility index (Phi) is 2.05. The standard InChI is InChI=1S/C7H7ClN6/c1-4-12-7(9)14(13-4)6-2-5(8)10-3-11-6/h2-3H,1H3,(H2,9,12,13). The summed E-state index contributed by atoms with van der Waals surface area (Å²) >= 11 is 5.70. The summed E-state index contributed by atoms with van der Waals surface area (Å²) in [5, 5.41) is 4.39. The van der Waals surface area contributed by atoms with Crippen molar-refractivity contribution < 1.29 is 0 Å². The van der Waals surface area contributed by atoms with Crippen LogP contribution in [0.1, 0.15) is 5.82 Å². The minimum Gasteiger partial charge on any atom is -0.368 e. The molecule has 2 aromatic rings. The highest BCUT2D eigenvalue weighted by atomic mass is 35.5. The monoisotopic (exact) mass is 210 g/mol. The van der Waals surface area contributed by atoms with E-state index in [2.05, 4.69) is 20.1 Å². The van der Waals surface area contributed by atoms with Gasteiger partial charge in [-0.3, -0.25) is 0 Å². The van der Waals surface area contributed by atoms with Gasteiger partial charge in [-0.2, -0.15) is 9.67 Å². The number of nitrogens with zero attached hydrogens (tertiary/aromatic N) is 5. The quantitative estimate of drug-likeness (QED) is 0.697. The highest BCUT2D eigenvalue weighted by Gasteiger charge is 2.07. The largest absolute Gasteiger partial charge is 0.368 e. The van der Waals surface area contributed by atoms with Gasteiger partial charge in [0.1, 0.15) is 17.3 Å². The first-order chi connectivity index (χ1) is 6.66. The van der Waals surface area contributed by atoms with Gasteiger partial charge in [0.25, 0.3) is 0 Å². The smallest absolute Gasteiger partial charge is 0.225 e. The maximum absolute atomic E-state index is 5.70. The second-order valence-corrected chi connectivity index (χ2v) is 3.02. The van der Waals surface area contributed by atoms with Crippen LogP contribution in [0.15, 0.2) is 12.4 Å². The van der Waals surface area contributed by atoms with Crippen LogP contribution < -0.4 is 5.73 Å². The molecule has 0 saturated heterocycles. The van der Waals surface area contributed by atoms with Gasteiger partial charge in [0.05, 0.1) is 0 Å². The molecule has 14 heavy (non-hydrogen) atoms. The molecule has 7 heteroatoms. The van der Waals surface area contributed by atoms with Gasteiger partial charge in [-0.05, 0) is 6.92 Å². The first kappa shape index (κ1) is 8.89. The van der Waals surface area contributed by atoms with E-state index in [1.165, 1.54) is 11.0 Å². The number of aryl methyl sites for hydroxylation is 1. The fraction of sp³-hybridized carbons (Fsp3) is 0.143. The maximum Gasteiger partial charge on any atom is 0.225 e. The van der Waals surface area contributed by atoms with Gasteiger partial charge in [0, 0.05) is 6.07 Å². The Bertz CT molecular complexity index is 465. The van der Waals surface area contributed by atoms with Gasteiger partial charge in [-0.15, -0.1) is 5.10 Å². The number of hydrogen-bond acceptors (Lipinski definition) is 5. The van der Waals surface area contributed by atoms with Gasteiger partial charge in [0.15, 0.2) is 5.82 Å². The molecule has 0 aliphatic carbocycles. The van der Waals surface area contributed by atoms with E-state index in [0.29, 0.717) is 16.8 Å². The topological polar surface area (TPSA) is 82.5 Å². The van der Waals surface area contributed by atoms with Crippen molar-refractivity contribution in [2.24, 2.45) is 0 Å². The molecule has 0 spiro atoms. The molecule has 0 unspecified atom stereocenters. The molecule has 0 aliphatic rings. The van der Waals surface area contributed by atoms with Crippen LogP contribution in [0.25, 0.3) is 5.82 Å². The average Bonchev–Trinajstić information content (AvgIpc) is 2.45. The zero-order valence-corrected chi connectivity index (χ0v) is 8.10. The summed E-state index contributed by atoms with van der Waals surface area (Å²) < 4.78 is 1.41. The maximum atomic E-state index is 5.70. The van der Waals surface area contributed by atoms with Crippen molar-refractivity contribution in [3.8, 4) is 5.82 Å². The predicted molar refractivity (Wildman–Crippen MR) is 51.1 cm³/mol. The molecule has 0 amide bonds. The van der Waals surface area contributed by atoms with Crippen LogP contribution in [0.5, 0.6) is 0 Å². The first-order valence-electron chi connectivity index (χ1n) is 3.84. The van der Waals surface area contributed by atoms with Crippen molar-refractivity contribution in [2.45, 2.75) is 6.92 Å². The fourth-order valence-corrected chi connectivity index (χ4v) is 1.18. The van der Waals surface area contributed by atoms with Crippen LogP contribution in [0.2, 0.25) is 5.15 Å². The second kappa shape index (κ2) is 3.22. The lowest BCUT2D eigenvalue weighted by Crippen LogP contribution is -2.04. The van der Waals surface area contributed by atoms with E-state index in [4.69, 9.17) is 17.3 Å². The van der Waals surface area contributed by atoms with E-state index in [0.717, 1.165) is 0 Å². The summed E-state index contributed by atoms with van der Waals surface area (Å²) in [6.07, 6.45) is 1.34. The average molecular weight is 211 g/mol. The third kappa shape index (κ3) is 1.51. The van der Waals surface area contributed by atoms with Gasteiger partial charge in [-0.1, -0.05) is 11.6 Å². The Morgan fingerprint density at radius 3 is 2.79 bits per heavy atom. The minimum atomic E-state index is 0.275. The van der Waals surface area contributed by atoms with E-state index in [1.54, 1.807) is 13.0 Å². The highest BCUT2D eigenvalue weighted by Crippen LogP contribution is 2.11. The van der Waals surface area contributed by atoms with Crippen LogP contribution in [-0.4, -0.2) is 24.7 Å². The van der Waals surface area contributed by atoms with Crippen LogP contribution in [0, 0.1) is 6.92 Å². The lowest BCUT2D eigenvalue weighted by atomic mass is 10.6. The molecule has 2 N–H and O–H groups in total. The van der Waals surface area contributed by atoms with Gasteiger partial charge >= 0.3 is 0 Å². The molecule has 0 aromatic carbocycles. The first-order valence-corrected chi connectivity index (χ1v) is 4.21. The molecule has 0 fully saturated rings. The Hall–Kier alpha value is -1.69. The molecule has 0 aliphatic heterocycles. The predicted octanol–water partition coefficient (Wildman–Crippen LogP) is 0.601. The van der Waals surface area contributed by atoms with Crippen molar-refractivity contribution in [3.63, 3.8) is 0 Å². The summed E-state index contributed by atoms with van der Waals surface area (Å²) in [5.74, 6) is 1.36. The number of nitrogen functional groups attached to an aromatic ring is 1. The van der Waals surface area contributed by atoms with Crippen molar-refractivity contribution in [1.29, 1.82) is 0 Å². The van der Waals surface area contributed by atoms with Crippen molar-refractivity contribution in [3.05, 3.63) is 23.4 Å². The zero-order valence-electron chi connectivity index (χ0n) is 7.35. The van der Waals surface area contributed by atoms with E-state index >= 15 is 0 Å². The molecule has 72 valence electrons. The summed E-state index contributed by atoms with van der Waals surface area (Å²) in [7, 11) is 0. The lowest BCUT2D eigenvalue weighted by molar-refractivity contribution is 0.835. The van der Waals surface area contributed by atoms with Crippen LogP contribution in [-0.2, 0) is 0 Å². The Balaban J connectivity index is 2.54. The van der Waals surface area contributed by atoms with E-state index in [-0.39, 0.29) is 5.95 Å². The van der Waals surface area contributed by atoms with Crippen molar-refractivity contribution in [2.75, 3.05) is 5.73 Å². The number of halogens is 1. The third-order valence-corrected chi connectivity index (χ3v) is 1.78. The summed E-state index contributed by atoms with van der Waals surface area (Å²) in [4.78, 5) is 11.7. The van der Waals surface area contributed by atoms with E-state index < -0.39 is 0 Å². The normalized spacial score (nSPS) is 10.4. The lowest BCUT2D eigenvalue weighted by Gasteiger charge is -1.99. The Morgan fingerprint density at radius 2 is 2.21 bits per heavy atom. The minimum absolute atomic E-state index is 0.275. The number of rotatable bonds is 1. The molecule has 2 heterocycles. The van der Waals surface area contributed by atoms with Crippen LogP contribution in [0.4, 0.5) is 5.95 Å². The van der Waals surface area contributed by atoms with Gasteiger partial charge < -0.3 is 5.73 Å². The number of anilines is 1. The van der Waals surface area contributed by atoms with Crippen molar-refractivity contribution in [1.82, 2.24) is 24.7 Å². The van der Waals surface area contributed by atoms with Crippen molar-refractivity contribution >= 4 is 17.5 Å². The molecular formula is C7H7ClN6. The highest BCUT2D eigenvalue weighted by molar-refractivity contribution is 6.29. The molecule has 0 atom stereocenters. The number of nitrogens with two attached hydrogens (primary N) is 1. The number of hydrogen-bond donors (Lipinski definition) is 1. The van der Waals surface area contributed by atoms with Gasteiger partial charge in [-0.25, -0.2) is 9.97 Å².